The summed E-state index contributed by atoms with van der Waals surface area (Å²) in [6, 6.07) is 13.5. The van der Waals surface area contributed by atoms with E-state index >= 15 is 0 Å². The lowest BCUT2D eigenvalue weighted by Gasteiger charge is -2.09. The van der Waals surface area contributed by atoms with Gasteiger partial charge in [0.15, 0.2) is 0 Å². The maximum Gasteiger partial charge on any atom is 0.0787 e. The van der Waals surface area contributed by atoms with Crippen molar-refractivity contribution in [2.24, 2.45) is 0 Å². The molecule has 0 aliphatic carbocycles. The molecule has 0 aromatic heterocycles. The van der Waals surface area contributed by atoms with Gasteiger partial charge in [0.05, 0.1) is 16.1 Å². The minimum atomic E-state index is -0.385. The van der Waals surface area contributed by atoms with Crippen molar-refractivity contribution in [2.75, 3.05) is 0 Å². The molecule has 1 N–H and O–H groups in total. The summed E-state index contributed by atoms with van der Waals surface area (Å²) in [5.41, 5.74) is 0.945. The van der Waals surface area contributed by atoms with Crippen molar-refractivity contribution in [3.8, 4) is 0 Å². The first-order valence-corrected chi connectivity index (χ1v) is 7.58. The third-order valence-corrected chi connectivity index (χ3v) is 4.51. The van der Waals surface area contributed by atoms with E-state index in [4.69, 9.17) is 23.2 Å². The summed E-state index contributed by atoms with van der Waals surface area (Å²) in [6.45, 7) is 1.96. The van der Waals surface area contributed by atoms with Crippen LogP contribution in [0.5, 0.6) is 0 Å². The van der Waals surface area contributed by atoms with Crippen LogP contribution >= 0.6 is 35.0 Å². The Morgan fingerprint density at radius 1 is 1.00 bits per heavy atom. The third kappa shape index (κ3) is 3.90. The fraction of sp³-hybridized carbons (Fsp3) is 0.200. The van der Waals surface area contributed by atoms with Crippen molar-refractivity contribution in [1.29, 1.82) is 0 Å². The molecule has 0 spiro atoms. The van der Waals surface area contributed by atoms with E-state index in [0.717, 1.165) is 21.8 Å². The van der Waals surface area contributed by atoms with E-state index in [1.165, 1.54) is 0 Å². The molecule has 1 nitrogen and oxygen atoms in total. The summed E-state index contributed by atoms with van der Waals surface area (Å²) in [4.78, 5) is 2.14. The molecule has 0 bridgehead atoms. The van der Waals surface area contributed by atoms with Crippen LogP contribution in [0.2, 0.25) is 10.0 Å². The topological polar surface area (TPSA) is 20.2 Å². The van der Waals surface area contributed by atoms with Gasteiger partial charge in [-0.05, 0) is 42.3 Å². The van der Waals surface area contributed by atoms with Crippen LogP contribution in [0.15, 0.2) is 52.3 Å². The van der Waals surface area contributed by atoms with Gasteiger partial charge in [-0.3, -0.25) is 0 Å². The maximum atomic E-state index is 9.74. The van der Waals surface area contributed by atoms with E-state index < -0.39 is 0 Å². The second-order valence-corrected chi connectivity index (χ2v) is 6.13. The fourth-order valence-electron chi connectivity index (χ4n) is 1.67. The van der Waals surface area contributed by atoms with Crippen molar-refractivity contribution in [3.63, 3.8) is 0 Å². The molecule has 4 heteroatoms. The molecule has 2 aromatic rings. The van der Waals surface area contributed by atoms with Gasteiger partial charge in [0.25, 0.3) is 0 Å². The molecule has 0 saturated heterocycles. The van der Waals surface area contributed by atoms with Crippen molar-refractivity contribution in [3.05, 3.63) is 58.1 Å². The quantitative estimate of drug-likeness (QED) is 0.794. The first-order chi connectivity index (χ1) is 9.10. The monoisotopic (exact) mass is 312 g/mol. The normalized spacial score (nSPS) is 12.4. The molecule has 100 valence electrons. The minimum absolute atomic E-state index is 0.385. The second-order valence-electron chi connectivity index (χ2n) is 4.17. The van der Waals surface area contributed by atoms with Gasteiger partial charge in [0.1, 0.15) is 0 Å². The van der Waals surface area contributed by atoms with Crippen LogP contribution in [0.4, 0.5) is 0 Å². The highest BCUT2D eigenvalue weighted by Gasteiger charge is 2.05. The predicted molar refractivity (Wildman–Crippen MR) is 82.3 cm³/mol. The number of hydrogen-bond acceptors (Lipinski definition) is 2. The standard InChI is InChI=1S/C15H14Cl2OS/c1-2-15(18)10-3-5-11(6-4-10)19-12-7-8-13(16)14(17)9-12/h3-9,15,18H,2H2,1H3/t15-/m1/s1. The zero-order valence-corrected chi connectivity index (χ0v) is 12.8. The van der Waals surface area contributed by atoms with Gasteiger partial charge in [-0.25, -0.2) is 0 Å². The highest BCUT2D eigenvalue weighted by molar-refractivity contribution is 7.99. The maximum absolute atomic E-state index is 9.74. The molecule has 0 heterocycles. The van der Waals surface area contributed by atoms with E-state index in [1.54, 1.807) is 17.8 Å². The predicted octanol–water partition coefficient (Wildman–Crippen LogP) is 5.59. The van der Waals surface area contributed by atoms with E-state index in [-0.39, 0.29) is 6.10 Å². The SMILES string of the molecule is CC[C@@H](O)c1ccc(Sc2ccc(Cl)c(Cl)c2)cc1. The van der Waals surface area contributed by atoms with Gasteiger partial charge in [0, 0.05) is 9.79 Å². The van der Waals surface area contributed by atoms with Crippen LogP contribution in [-0.4, -0.2) is 5.11 Å². The summed E-state index contributed by atoms with van der Waals surface area (Å²) in [6.07, 6.45) is 0.336. The minimum Gasteiger partial charge on any atom is -0.388 e. The molecule has 2 rings (SSSR count). The van der Waals surface area contributed by atoms with Crippen LogP contribution in [0.3, 0.4) is 0 Å². The summed E-state index contributed by atoms with van der Waals surface area (Å²) < 4.78 is 0. The number of aliphatic hydroxyl groups excluding tert-OH is 1. The van der Waals surface area contributed by atoms with Crippen molar-refractivity contribution >= 4 is 35.0 Å². The van der Waals surface area contributed by atoms with Gasteiger partial charge in [-0.2, -0.15) is 0 Å². The number of benzene rings is 2. The molecular formula is C15H14Cl2OS. The number of rotatable bonds is 4. The molecule has 1 atom stereocenters. The molecule has 0 radical (unpaired) electrons. The Hall–Kier alpha value is -0.670. The number of halogens is 2. The fourth-order valence-corrected chi connectivity index (χ4v) is 2.89. The van der Waals surface area contributed by atoms with E-state index in [0.29, 0.717) is 10.0 Å². The first-order valence-electron chi connectivity index (χ1n) is 6.01. The summed E-state index contributed by atoms with van der Waals surface area (Å²) in [5.74, 6) is 0. The van der Waals surface area contributed by atoms with Crippen molar-refractivity contribution < 1.29 is 5.11 Å². The Morgan fingerprint density at radius 2 is 1.63 bits per heavy atom. The first kappa shape index (κ1) is 14.7. The molecule has 0 saturated carbocycles. The summed E-state index contributed by atoms with van der Waals surface area (Å²) >= 11 is 13.5. The number of hydrogen-bond donors (Lipinski definition) is 1. The van der Waals surface area contributed by atoms with Crippen LogP contribution in [0.1, 0.15) is 25.0 Å². The van der Waals surface area contributed by atoms with Gasteiger partial charge < -0.3 is 5.11 Å². The Labute approximate surface area is 127 Å². The Bertz CT molecular complexity index is 555. The molecule has 0 aliphatic heterocycles. The molecule has 2 aromatic carbocycles. The molecule has 0 amide bonds. The lowest BCUT2D eigenvalue weighted by molar-refractivity contribution is 0.173. The molecule has 19 heavy (non-hydrogen) atoms. The van der Waals surface area contributed by atoms with Gasteiger partial charge >= 0.3 is 0 Å². The van der Waals surface area contributed by atoms with Gasteiger partial charge in [-0.1, -0.05) is 54.0 Å². The van der Waals surface area contributed by atoms with Gasteiger partial charge in [-0.15, -0.1) is 0 Å². The summed E-state index contributed by atoms with van der Waals surface area (Å²) in [7, 11) is 0. The highest BCUT2D eigenvalue weighted by atomic mass is 35.5. The van der Waals surface area contributed by atoms with Crippen LogP contribution in [0.25, 0.3) is 0 Å². The number of aliphatic hydroxyl groups is 1. The van der Waals surface area contributed by atoms with E-state index in [1.807, 2.05) is 43.3 Å². The zero-order chi connectivity index (χ0) is 13.8. The van der Waals surface area contributed by atoms with Crippen molar-refractivity contribution in [1.82, 2.24) is 0 Å². The lowest BCUT2D eigenvalue weighted by Crippen LogP contribution is -1.93. The molecular weight excluding hydrogens is 299 g/mol. The Morgan fingerprint density at radius 3 is 2.21 bits per heavy atom. The van der Waals surface area contributed by atoms with Crippen LogP contribution in [-0.2, 0) is 0 Å². The van der Waals surface area contributed by atoms with Gasteiger partial charge in [0.2, 0.25) is 0 Å². The average molecular weight is 313 g/mol. The average Bonchev–Trinajstić information content (AvgIpc) is 2.43. The van der Waals surface area contributed by atoms with E-state index in [2.05, 4.69) is 0 Å². The largest absolute Gasteiger partial charge is 0.388 e. The zero-order valence-electron chi connectivity index (χ0n) is 10.4. The van der Waals surface area contributed by atoms with E-state index in [9.17, 15) is 5.11 Å². The molecule has 0 aliphatic rings. The van der Waals surface area contributed by atoms with Crippen LogP contribution < -0.4 is 0 Å². The third-order valence-electron chi connectivity index (χ3n) is 2.78. The van der Waals surface area contributed by atoms with Crippen molar-refractivity contribution in [2.45, 2.75) is 29.2 Å². The Balaban J connectivity index is 2.12. The molecule has 0 fully saturated rings. The highest BCUT2D eigenvalue weighted by Crippen LogP contribution is 2.33. The lowest BCUT2D eigenvalue weighted by atomic mass is 10.1. The Kier molecular flexibility index (Phi) is 5.17. The second kappa shape index (κ2) is 6.67. The molecule has 0 unspecified atom stereocenters. The van der Waals surface area contributed by atoms with Crippen LogP contribution in [0, 0.1) is 0 Å². The smallest absolute Gasteiger partial charge is 0.0787 e. The summed E-state index contributed by atoms with van der Waals surface area (Å²) in [5, 5.41) is 10.9.